The van der Waals surface area contributed by atoms with Crippen LogP contribution in [0.4, 0.5) is 0 Å². The minimum Gasteiger partial charge on any atom is -0.309 e. The summed E-state index contributed by atoms with van der Waals surface area (Å²) in [4.78, 5) is 12.1. The van der Waals surface area contributed by atoms with Crippen LogP contribution < -0.4 is 0 Å². The normalized spacial score (nSPS) is 12.9. The predicted molar refractivity (Wildman–Crippen MR) is 440 cm³/mol. The van der Waals surface area contributed by atoms with E-state index >= 15 is 0 Å². The number of nitrogens with zero attached hydrogens (tertiary/aromatic N) is 7. The first-order valence-corrected chi connectivity index (χ1v) is 36.9. The molecule has 7 nitrogen and oxygen atoms in total. The lowest BCUT2D eigenvalue weighted by molar-refractivity contribution is 0.660. The molecule has 0 saturated carbocycles. The zero-order chi connectivity index (χ0) is 68.9. The van der Waals surface area contributed by atoms with Crippen molar-refractivity contribution in [1.82, 2.24) is 32.8 Å². The van der Waals surface area contributed by atoms with Gasteiger partial charge in [0.2, 0.25) is 5.95 Å². The maximum atomic E-state index is 6.08. The van der Waals surface area contributed by atoms with E-state index in [1.165, 1.54) is 91.3 Å². The van der Waals surface area contributed by atoms with Gasteiger partial charge in [-0.1, -0.05) is 232 Å². The van der Waals surface area contributed by atoms with E-state index in [9.17, 15) is 0 Å². The Morgan fingerprint density at radius 1 is 0.248 bits per heavy atom. The maximum Gasteiger partial charge on any atom is 0.238 e. The van der Waals surface area contributed by atoms with Gasteiger partial charge in [-0.25, -0.2) is 0 Å². The van der Waals surface area contributed by atoms with Crippen LogP contribution in [0.15, 0.2) is 334 Å². The summed E-state index contributed by atoms with van der Waals surface area (Å²) in [5.74, 6) is 2.06. The Bertz CT molecular complexity index is 7280. The van der Waals surface area contributed by atoms with Gasteiger partial charge in [-0.3, -0.25) is 13.7 Å². The van der Waals surface area contributed by atoms with E-state index in [0.29, 0.717) is 5.95 Å². The number of para-hydroxylation sites is 6. The maximum absolute atomic E-state index is 6.08. The van der Waals surface area contributed by atoms with Crippen LogP contribution in [0.2, 0.25) is 0 Å². The number of aromatic nitrogens is 7. The van der Waals surface area contributed by atoms with Crippen LogP contribution >= 0.6 is 11.3 Å². The molecule has 0 radical (unpaired) electrons. The molecule has 0 bridgehead atoms. The smallest absolute Gasteiger partial charge is 0.238 e. The molecular weight excluding hydrogens is 1300 g/mol. The van der Waals surface area contributed by atoms with Crippen LogP contribution in [0.5, 0.6) is 0 Å². The lowest BCUT2D eigenvalue weighted by Crippen LogP contribution is -2.14. The number of benzene rings is 15. The highest BCUT2D eigenvalue weighted by molar-refractivity contribution is 7.26. The highest BCUT2D eigenvalue weighted by Gasteiger charge is 2.36. The fourth-order valence-electron chi connectivity index (χ4n) is 18.1. The van der Waals surface area contributed by atoms with Crippen molar-refractivity contribution in [2.24, 2.45) is 0 Å². The summed E-state index contributed by atoms with van der Waals surface area (Å²) in [5, 5.41) is 14.2. The molecule has 7 heterocycles. The van der Waals surface area contributed by atoms with E-state index in [4.69, 9.17) is 9.97 Å². The van der Waals surface area contributed by atoms with Crippen LogP contribution in [0.25, 0.3) is 203 Å². The molecule has 0 saturated heterocycles. The molecule has 23 rings (SSSR count). The largest absolute Gasteiger partial charge is 0.309 e. The van der Waals surface area contributed by atoms with Gasteiger partial charge in [0, 0.05) is 96.9 Å². The third-order valence-corrected chi connectivity index (χ3v) is 24.1. The van der Waals surface area contributed by atoms with Crippen molar-refractivity contribution in [1.29, 1.82) is 0 Å². The van der Waals surface area contributed by atoms with Gasteiger partial charge in [0.25, 0.3) is 0 Å². The number of thiophene rings is 1. The van der Waals surface area contributed by atoms with Gasteiger partial charge in [-0.2, -0.15) is 9.97 Å². The summed E-state index contributed by atoms with van der Waals surface area (Å²) < 4.78 is 14.5. The molecular formula is C97H61N7S. The summed E-state index contributed by atoms with van der Waals surface area (Å²) in [6.45, 7) is 4.73. The Morgan fingerprint density at radius 3 is 1.21 bits per heavy atom. The van der Waals surface area contributed by atoms with Crippen molar-refractivity contribution >= 4 is 141 Å². The van der Waals surface area contributed by atoms with E-state index in [2.05, 4.69) is 370 Å². The Morgan fingerprint density at radius 2 is 0.629 bits per heavy atom. The second-order valence-corrected chi connectivity index (χ2v) is 29.9. The van der Waals surface area contributed by atoms with Crippen LogP contribution in [-0.4, -0.2) is 32.8 Å². The van der Waals surface area contributed by atoms with Gasteiger partial charge in [-0.05, 0) is 165 Å². The average Bonchev–Trinajstić information content (AvgIpc) is 1.56. The van der Waals surface area contributed by atoms with Gasteiger partial charge in [0.1, 0.15) is 11.6 Å². The van der Waals surface area contributed by atoms with Crippen molar-refractivity contribution in [3.63, 3.8) is 0 Å². The Labute approximate surface area is 606 Å². The average molecular weight is 1360 g/mol. The molecule has 0 amide bonds. The van der Waals surface area contributed by atoms with Crippen molar-refractivity contribution in [3.05, 3.63) is 345 Å². The zero-order valence-electron chi connectivity index (χ0n) is 57.3. The van der Waals surface area contributed by atoms with E-state index in [-0.39, 0.29) is 5.41 Å². The Balaban J connectivity index is 0.806. The fraction of sp³-hybridized carbons (Fsp3) is 0.0309. The molecule has 0 fully saturated rings. The van der Waals surface area contributed by atoms with Crippen LogP contribution in [0.1, 0.15) is 25.0 Å². The van der Waals surface area contributed by atoms with E-state index in [1.54, 1.807) is 0 Å². The molecule has 0 spiro atoms. The predicted octanol–water partition coefficient (Wildman–Crippen LogP) is 25.6. The molecule has 1 aliphatic rings. The molecule has 7 aromatic heterocycles. The second kappa shape index (κ2) is 21.8. The third-order valence-electron chi connectivity index (χ3n) is 22.9. The SMILES string of the molecule is CC1(C)c2ccccc2-c2ccc(-c3ccc4c5ccccc5n(-c5nc(-n6c7cc(-c8ccc9c(c8)c8ccccc8n9-c8ccccc8)ccc7c7ccc(-c8ccc9c(c8)c8ccccc8n9-c8ccccc8)cc76)cc(-n6c7ccccc7c7c8sc9ccccc9c8ccc76)n5)c4c3)cc21. The lowest BCUT2D eigenvalue weighted by Gasteiger charge is -2.22. The highest BCUT2D eigenvalue weighted by atomic mass is 32.1. The van der Waals surface area contributed by atoms with E-state index in [0.717, 1.165) is 117 Å². The summed E-state index contributed by atoms with van der Waals surface area (Å²) in [6.07, 6.45) is 0. The van der Waals surface area contributed by atoms with Crippen molar-refractivity contribution in [2.45, 2.75) is 19.3 Å². The Kier molecular flexibility index (Phi) is 12.1. The Hall–Kier alpha value is -13.4. The molecule has 8 heteroatoms. The second-order valence-electron chi connectivity index (χ2n) is 28.8. The number of fused-ring (bicyclic) bond motifs is 22. The molecule has 0 N–H and O–H groups in total. The summed E-state index contributed by atoms with van der Waals surface area (Å²) in [5.41, 5.74) is 25.1. The minimum atomic E-state index is -0.162. The first-order valence-electron chi connectivity index (χ1n) is 36.1. The van der Waals surface area contributed by atoms with E-state index < -0.39 is 0 Å². The quantitative estimate of drug-likeness (QED) is 0.152. The summed E-state index contributed by atoms with van der Waals surface area (Å²) in [6, 6.07) is 124. The highest BCUT2D eigenvalue weighted by Crippen LogP contribution is 2.51. The molecule has 105 heavy (non-hydrogen) atoms. The molecule has 0 unspecified atom stereocenters. The molecule has 0 aliphatic heterocycles. The van der Waals surface area contributed by atoms with E-state index in [1.807, 2.05) is 11.3 Å². The van der Waals surface area contributed by atoms with Crippen molar-refractivity contribution in [2.75, 3.05) is 0 Å². The molecule has 0 atom stereocenters. The lowest BCUT2D eigenvalue weighted by atomic mass is 9.81. The number of hydrogen-bond donors (Lipinski definition) is 0. The summed E-state index contributed by atoms with van der Waals surface area (Å²) in [7, 11) is 0. The molecule has 490 valence electrons. The van der Waals surface area contributed by atoms with Gasteiger partial charge in [0.05, 0.1) is 55.2 Å². The topological polar surface area (TPSA) is 50.4 Å². The van der Waals surface area contributed by atoms with Crippen molar-refractivity contribution in [3.8, 4) is 73.5 Å². The fourth-order valence-corrected chi connectivity index (χ4v) is 19.4. The van der Waals surface area contributed by atoms with Gasteiger partial charge < -0.3 is 9.13 Å². The summed E-state index contributed by atoms with van der Waals surface area (Å²) >= 11 is 1.87. The van der Waals surface area contributed by atoms with Gasteiger partial charge >= 0.3 is 0 Å². The standard InChI is InChI=1S/C97H61N7S/c1-97(2)79-31-15-9-25-66(79)67-43-37-60(53-80(67)97)63-40-44-71-68-26-10-18-34-83(68)104(90(71)56-63)96-98-92(102-84-35-19-13-30-76(84)94-87(102)50-47-75-74-29-14-20-36-91(74)105-95(75)94)57-93(99-96)103-88-54-61(58-41-48-85-77(51-58)69-27-11-16-32-81(69)100(85)64-21-5-3-6-22-64)38-45-72(88)73-46-39-62(55-89(73)103)59-42-49-86-78(52-59)70-28-12-17-33-82(70)101(86)65-23-7-4-8-24-65/h3-57H,1-2H3. The first kappa shape index (κ1) is 58.3. The van der Waals surface area contributed by atoms with Crippen LogP contribution in [0, 0.1) is 0 Å². The number of hydrogen-bond acceptors (Lipinski definition) is 3. The molecule has 15 aromatic carbocycles. The van der Waals surface area contributed by atoms with Gasteiger partial charge in [0.15, 0.2) is 0 Å². The molecule has 22 aromatic rings. The first-order chi connectivity index (χ1) is 51.8. The molecule has 1 aliphatic carbocycles. The van der Waals surface area contributed by atoms with Crippen LogP contribution in [-0.2, 0) is 5.41 Å². The third kappa shape index (κ3) is 8.36. The monoisotopic (exact) mass is 1360 g/mol. The minimum absolute atomic E-state index is 0.162. The van der Waals surface area contributed by atoms with Gasteiger partial charge in [-0.15, -0.1) is 11.3 Å². The number of rotatable bonds is 8. The van der Waals surface area contributed by atoms with Crippen LogP contribution in [0.3, 0.4) is 0 Å². The zero-order valence-corrected chi connectivity index (χ0v) is 58.1. The van der Waals surface area contributed by atoms with Crippen molar-refractivity contribution < 1.29 is 0 Å².